The van der Waals surface area contributed by atoms with Crippen molar-refractivity contribution in [2.45, 2.75) is 25.6 Å². The maximum atomic E-state index is 12.6. The molecule has 4 aromatic rings. The zero-order valence-electron chi connectivity index (χ0n) is 17.1. The Balaban J connectivity index is 1.44. The number of benzene rings is 3. The van der Waals surface area contributed by atoms with Crippen molar-refractivity contribution in [2.24, 2.45) is 0 Å². The second kappa shape index (κ2) is 9.91. The monoisotopic (exact) mass is 415 g/mol. The molecule has 1 heterocycles. The van der Waals surface area contributed by atoms with Gasteiger partial charge < -0.3 is 19.7 Å². The van der Waals surface area contributed by atoms with Crippen molar-refractivity contribution in [1.29, 1.82) is 0 Å². The Labute approximate surface area is 181 Å². The van der Waals surface area contributed by atoms with Crippen LogP contribution in [-0.2, 0) is 24.3 Å². The number of fused-ring (bicyclic) bond motifs is 1. The van der Waals surface area contributed by atoms with Crippen molar-refractivity contribution in [3.63, 3.8) is 0 Å². The number of aliphatic hydroxyl groups excluding tert-OH is 1. The standard InChI is InChI=1S/C25H25N3O3/c29-20(18-31-21-11-5-2-6-12-21)17-28-23-14-8-7-13-22(23)27-24(28)15-25(30)26-16-19-9-3-1-4-10-19/h1-14,20,29H,15-18H2,(H,26,30). The van der Waals surface area contributed by atoms with E-state index in [9.17, 15) is 9.90 Å². The van der Waals surface area contributed by atoms with Crippen LogP contribution in [0.3, 0.4) is 0 Å². The number of imidazole rings is 1. The maximum absolute atomic E-state index is 12.6. The Morgan fingerprint density at radius 3 is 2.42 bits per heavy atom. The number of hydrogen-bond donors (Lipinski definition) is 2. The minimum atomic E-state index is -0.746. The molecule has 0 aliphatic heterocycles. The molecule has 0 aliphatic rings. The number of aliphatic hydroxyl groups is 1. The van der Waals surface area contributed by atoms with Crippen LogP contribution < -0.4 is 10.1 Å². The third kappa shape index (κ3) is 5.49. The maximum Gasteiger partial charge on any atom is 0.227 e. The van der Waals surface area contributed by atoms with Crippen LogP contribution in [0.5, 0.6) is 5.75 Å². The van der Waals surface area contributed by atoms with Crippen LogP contribution in [0.25, 0.3) is 11.0 Å². The molecule has 1 amide bonds. The quantitative estimate of drug-likeness (QED) is 0.440. The number of carbonyl (C=O) groups excluding carboxylic acids is 1. The fraction of sp³-hybridized carbons (Fsp3) is 0.200. The summed E-state index contributed by atoms with van der Waals surface area (Å²) < 4.78 is 7.57. The van der Waals surface area contributed by atoms with Crippen LogP contribution in [0.2, 0.25) is 0 Å². The zero-order valence-corrected chi connectivity index (χ0v) is 17.1. The summed E-state index contributed by atoms with van der Waals surface area (Å²) in [6.07, 6.45) is -0.614. The van der Waals surface area contributed by atoms with E-state index in [2.05, 4.69) is 10.3 Å². The van der Waals surface area contributed by atoms with Crippen molar-refractivity contribution >= 4 is 16.9 Å². The number of hydrogen-bond acceptors (Lipinski definition) is 4. The van der Waals surface area contributed by atoms with E-state index in [-0.39, 0.29) is 25.5 Å². The van der Waals surface area contributed by atoms with Gasteiger partial charge in [0.1, 0.15) is 24.3 Å². The van der Waals surface area contributed by atoms with Gasteiger partial charge in [0.05, 0.1) is 24.0 Å². The highest BCUT2D eigenvalue weighted by Crippen LogP contribution is 2.18. The first kappa shape index (κ1) is 20.6. The first-order valence-electron chi connectivity index (χ1n) is 10.3. The highest BCUT2D eigenvalue weighted by molar-refractivity contribution is 5.81. The molecule has 6 nitrogen and oxygen atoms in total. The van der Waals surface area contributed by atoms with Gasteiger partial charge in [-0.1, -0.05) is 60.7 Å². The molecular weight excluding hydrogens is 390 g/mol. The number of ether oxygens (including phenoxy) is 1. The summed E-state index contributed by atoms with van der Waals surface area (Å²) in [4.78, 5) is 17.2. The minimum Gasteiger partial charge on any atom is -0.491 e. The summed E-state index contributed by atoms with van der Waals surface area (Å²) in [5.41, 5.74) is 2.72. The van der Waals surface area contributed by atoms with E-state index in [0.29, 0.717) is 18.1 Å². The largest absolute Gasteiger partial charge is 0.491 e. The number of nitrogens with one attached hydrogen (secondary N) is 1. The summed E-state index contributed by atoms with van der Waals surface area (Å²) in [5.74, 6) is 1.21. The van der Waals surface area contributed by atoms with Crippen molar-refractivity contribution in [3.05, 3.63) is 96.3 Å². The number of rotatable bonds is 9. The summed E-state index contributed by atoms with van der Waals surface area (Å²) in [6.45, 7) is 0.901. The van der Waals surface area contributed by atoms with E-state index >= 15 is 0 Å². The third-order valence-electron chi connectivity index (χ3n) is 4.96. The number of nitrogens with zero attached hydrogens (tertiary/aromatic N) is 2. The van der Waals surface area contributed by atoms with Crippen LogP contribution in [0.15, 0.2) is 84.9 Å². The Kier molecular flexibility index (Phi) is 6.59. The van der Waals surface area contributed by atoms with Gasteiger partial charge in [0, 0.05) is 6.54 Å². The molecule has 0 spiro atoms. The molecule has 158 valence electrons. The molecule has 2 N–H and O–H groups in total. The van der Waals surface area contributed by atoms with E-state index in [1.165, 1.54) is 0 Å². The highest BCUT2D eigenvalue weighted by atomic mass is 16.5. The van der Waals surface area contributed by atoms with Gasteiger partial charge in [0.25, 0.3) is 0 Å². The molecule has 1 atom stereocenters. The second-order valence-corrected chi connectivity index (χ2v) is 7.34. The topological polar surface area (TPSA) is 76.4 Å². The van der Waals surface area contributed by atoms with Crippen molar-refractivity contribution in [2.75, 3.05) is 6.61 Å². The van der Waals surface area contributed by atoms with Crippen molar-refractivity contribution in [3.8, 4) is 5.75 Å². The number of aromatic nitrogens is 2. The van der Waals surface area contributed by atoms with Crippen LogP contribution >= 0.6 is 0 Å². The Bertz CT molecular complexity index is 1130. The average molecular weight is 415 g/mol. The van der Waals surface area contributed by atoms with Crippen LogP contribution in [0.1, 0.15) is 11.4 Å². The fourth-order valence-electron chi connectivity index (χ4n) is 3.44. The van der Waals surface area contributed by atoms with E-state index in [1.807, 2.05) is 89.5 Å². The van der Waals surface area contributed by atoms with Gasteiger partial charge in [-0.3, -0.25) is 4.79 Å². The Morgan fingerprint density at radius 2 is 1.65 bits per heavy atom. The third-order valence-corrected chi connectivity index (χ3v) is 4.96. The molecule has 0 aliphatic carbocycles. The molecule has 0 radical (unpaired) electrons. The summed E-state index contributed by atoms with van der Waals surface area (Å²) in [6, 6.07) is 26.8. The van der Waals surface area contributed by atoms with E-state index in [4.69, 9.17) is 4.74 Å². The number of amides is 1. The van der Waals surface area contributed by atoms with E-state index in [1.54, 1.807) is 0 Å². The molecule has 1 aromatic heterocycles. The second-order valence-electron chi connectivity index (χ2n) is 7.34. The molecule has 6 heteroatoms. The van der Waals surface area contributed by atoms with Gasteiger partial charge in [0.15, 0.2) is 0 Å². The first-order chi connectivity index (χ1) is 15.2. The van der Waals surface area contributed by atoms with E-state index in [0.717, 1.165) is 16.6 Å². The minimum absolute atomic E-state index is 0.115. The lowest BCUT2D eigenvalue weighted by molar-refractivity contribution is -0.120. The summed E-state index contributed by atoms with van der Waals surface area (Å²) in [5, 5.41) is 13.5. The molecule has 31 heavy (non-hydrogen) atoms. The van der Waals surface area contributed by atoms with Crippen molar-refractivity contribution < 1.29 is 14.6 Å². The molecule has 3 aromatic carbocycles. The molecular formula is C25H25N3O3. The van der Waals surface area contributed by atoms with Gasteiger partial charge in [-0.25, -0.2) is 4.98 Å². The zero-order chi connectivity index (χ0) is 21.5. The first-order valence-corrected chi connectivity index (χ1v) is 10.3. The lowest BCUT2D eigenvalue weighted by Gasteiger charge is -2.16. The van der Waals surface area contributed by atoms with Crippen molar-refractivity contribution in [1.82, 2.24) is 14.9 Å². The molecule has 1 unspecified atom stereocenters. The van der Waals surface area contributed by atoms with Crippen LogP contribution in [0.4, 0.5) is 0 Å². The lowest BCUT2D eigenvalue weighted by atomic mass is 10.2. The molecule has 0 bridgehead atoms. The van der Waals surface area contributed by atoms with Gasteiger partial charge in [-0.15, -0.1) is 0 Å². The molecule has 0 fully saturated rings. The molecule has 0 saturated carbocycles. The number of carbonyl (C=O) groups is 1. The summed E-state index contributed by atoms with van der Waals surface area (Å²) in [7, 11) is 0. The summed E-state index contributed by atoms with van der Waals surface area (Å²) >= 11 is 0. The van der Waals surface area contributed by atoms with Gasteiger partial charge >= 0.3 is 0 Å². The lowest BCUT2D eigenvalue weighted by Crippen LogP contribution is -2.28. The van der Waals surface area contributed by atoms with Gasteiger partial charge in [-0.05, 0) is 29.8 Å². The van der Waals surface area contributed by atoms with Gasteiger partial charge in [-0.2, -0.15) is 0 Å². The molecule has 0 saturated heterocycles. The predicted octanol–water partition coefficient (Wildman–Crippen LogP) is 3.34. The normalized spacial score (nSPS) is 11.9. The van der Waals surface area contributed by atoms with Crippen LogP contribution in [-0.4, -0.2) is 33.3 Å². The number of para-hydroxylation sites is 3. The highest BCUT2D eigenvalue weighted by Gasteiger charge is 2.17. The predicted molar refractivity (Wildman–Crippen MR) is 120 cm³/mol. The van der Waals surface area contributed by atoms with E-state index < -0.39 is 6.10 Å². The molecule has 4 rings (SSSR count). The fourth-order valence-corrected chi connectivity index (χ4v) is 3.44. The SMILES string of the molecule is O=C(Cc1nc2ccccc2n1CC(O)COc1ccccc1)NCc1ccccc1. The van der Waals surface area contributed by atoms with Gasteiger partial charge in [0.2, 0.25) is 5.91 Å². The smallest absolute Gasteiger partial charge is 0.227 e. The van der Waals surface area contributed by atoms with Crippen LogP contribution in [0, 0.1) is 0 Å². The Hall–Kier alpha value is -3.64. The average Bonchev–Trinajstić information content (AvgIpc) is 3.14. The Morgan fingerprint density at radius 1 is 0.968 bits per heavy atom.